The van der Waals surface area contributed by atoms with Gasteiger partial charge in [0.2, 0.25) is 0 Å². The van der Waals surface area contributed by atoms with Crippen LogP contribution in [0.1, 0.15) is 16.1 Å². The number of aliphatic carboxylic acids is 1. The molecule has 8 heteroatoms. The summed E-state index contributed by atoms with van der Waals surface area (Å²) in [4.78, 5) is 30.6. The first-order valence-electron chi connectivity index (χ1n) is 7.84. The van der Waals surface area contributed by atoms with E-state index in [0.717, 1.165) is 5.56 Å². The summed E-state index contributed by atoms with van der Waals surface area (Å²) in [7, 11) is 0. The maximum atomic E-state index is 12.5. The molecule has 0 radical (unpaired) electrons. The molecule has 0 aliphatic heterocycles. The van der Waals surface area contributed by atoms with Crippen molar-refractivity contribution in [3.63, 3.8) is 0 Å². The van der Waals surface area contributed by atoms with Gasteiger partial charge in [0.1, 0.15) is 10.8 Å². The summed E-state index contributed by atoms with van der Waals surface area (Å²) >= 11 is 5.83. The lowest BCUT2D eigenvalue weighted by atomic mass is 10.0. The highest BCUT2D eigenvalue weighted by atomic mass is 35.5. The van der Waals surface area contributed by atoms with E-state index in [1.54, 1.807) is 36.4 Å². The predicted molar refractivity (Wildman–Crippen MR) is 96.1 cm³/mol. The Kier molecular flexibility index (Phi) is 5.20. The lowest BCUT2D eigenvalue weighted by Crippen LogP contribution is -2.48. The third-order valence-electron chi connectivity index (χ3n) is 3.97. The van der Waals surface area contributed by atoms with Gasteiger partial charge in [-0.15, -0.1) is 0 Å². The maximum absolute atomic E-state index is 12.5. The number of pyridine rings is 1. The number of halogens is 1. The lowest BCUT2D eigenvalue weighted by Gasteiger charge is -2.21. The van der Waals surface area contributed by atoms with Gasteiger partial charge < -0.3 is 20.5 Å². The summed E-state index contributed by atoms with van der Waals surface area (Å²) in [6.45, 7) is 0. The number of hydrogen-bond donors (Lipinski definition) is 4. The van der Waals surface area contributed by atoms with Gasteiger partial charge in [-0.05, 0) is 24.1 Å². The fourth-order valence-electron chi connectivity index (χ4n) is 2.65. The topological polar surface area (TPSA) is 115 Å². The van der Waals surface area contributed by atoms with E-state index in [9.17, 15) is 14.7 Å². The van der Waals surface area contributed by atoms with Crippen LogP contribution in [0, 0.1) is 0 Å². The number of hydrogen-bond acceptors (Lipinski definition) is 4. The number of carbonyl (C=O) groups excluding carboxylic acids is 1. The Morgan fingerprint density at radius 2 is 1.96 bits per heavy atom. The van der Waals surface area contributed by atoms with Crippen molar-refractivity contribution in [1.82, 2.24) is 15.3 Å². The second-order valence-corrected chi connectivity index (χ2v) is 6.22. The zero-order valence-corrected chi connectivity index (χ0v) is 14.3. The summed E-state index contributed by atoms with van der Waals surface area (Å²) in [5.74, 6) is -1.93. The van der Waals surface area contributed by atoms with Gasteiger partial charge in [0.05, 0.1) is 17.8 Å². The number of benzene rings is 1. The van der Waals surface area contributed by atoms with Crippen LogP contribution in [0.3, 0.4) is 0 Å². The molecular weight excluding hydrogens is 358 g/mol. The fourth-order valence-corrected chi connectivity index (χ4v) is 2.82. The number of aliphatic hydroxyl groups excluding tert-OH is 1. The summed E-state index contributed by atoms with van der Waals surface area (Å²) in [6.07, 6.45) is -0.0602. The average molecular weight is 374 g/mol. The van der Waals surface area contributed by atoms with Crippen molar-refractivity contribution in [2.45, 2.75) is 18.6 Å². The number of aromatic nitrogens is 2. The van der Waals surface area contributed by atoms with Gasteiger partial charge in [-0.25, -0.2) is 9.78 Å². The van der Waals surface area contributed by atoms with Gasteiger partial charge in [-0.2, -0.15) is 0 Å². The second-order valence-electron chi connectivity index (χ2n) is 5.83. The predicted octanol–water partition coefficient (Wildman–Crippen LogP) is 2.00. The van der Waals surface area contributed by atoms with Gasteiger partial charge in [-0.3, -0.25) is 4.79 Å². The number of aromatic amines is 1. The second kappa shape index (κ2) is 7.55. The lowest BCUT2D eigenvalue weighted by molar-refractivity contribution is -0.148. The molecule has 0 aliphatic rings. The van der Waals surface area contributed by atoms with Crippen molar-refractivity contribution in [2.75, 3.05) is 0 Å². The summed E-state index contributed by atoms with van der Waals surface area (Å²) in [5, 5.41) is 22.7. The molecular formula is C18H16ClN3O4. The molecule has 26 heavy (non-hydrogen) atoms. The molecule has 134 valence electrons. The Labute approximate surface area is 153 Å². The Balaban J connectivity index is 1.82. The monoisotopic (exact) mass is 373 g/mol. The Bertz CT molecular complexity index is 942. The minimum absolute atomic E-state index is 0.174. The molecule has 0 aliphatic carbocycles. The van der Waals surface area contributed by atoms with Gasteiger partial charge in [-0.1, -0.05) is 41.9 Å². The van der Waals surface area contributed by atoms with Crippen LogP contribution in [-0.4, -0.2) is 44.2 Å². The molecule has 3 aromatic rings. The van der Waals surface area contributed by atoms with E-state index in [1.165, 1.54) is 6.20 Å². The molecule has 3 rings (SSSR count). The Morgan fingerprint density at radius 1 is 1.23 bits per heavy atom. The smallest absolute Gasteiger partial charge is 0.334 e. The van der Waals surface area contributed by atoms with Gasteiger partial charge in [0, 0.05) is 5.39 Å². The van der Waals surface area contributed by atoms with Gasteiger partial charge >= 0.3 is 5.97 Å². The number of amides is 1. The first kappa shape index (κ1) is 17.9. The number of nitrogens with zero attached hydrogens (tertiary/aromatic N) is 1. The van der Waals surface area contributed by atoms with Crippen molar-refractivity contribution in [3.05, 3.63) is 65.1 Å². The van der Waals surface area contributed by atoms with Crippen molar-refractivity contribution < 1.29 is 19.8 Å². The van der Waals surface area contributed by atoms with Crippen LogP contribution < -0.4 is 5.32 Å². The molecule has 2 atom stereocenters. The number of H-pyrrole nitrogens is 1. The average Bonchev–Trinajstić information content (AvgIpc) is 3.04. The van der Waals surface area contributed by atoms with E-state index in [4.69, 9.17) is 16.7 Å². The van der Waals surface area contributed by atoms with E-state index < -0.39 is 24.0 Å². The van der Waals surface area contributed by atoms with Crippen LogP contribution in [0.4, 0.5) is 0 Å². The number of carboxylic acid groups (broad SMARTS) is 1. The quantitative estimate of drug-likeness (QED) is 0.493. The molecule has 2 heterocycles. The summed E-state index contributed by atoms with van der Waals surface area (Å²) in [6, 6.07) is 11.2. The SMILES string of the molecule is O=C(N[C@@H](Cc1ccccc1)C(O)C(=O)O)c1cc2cc(Cl)ncc2[nH]1. The van der Waals surface area contributed by atoms with Crippen LogP contribution in [0.25, 0.3) is 10.9 Å². The number of aliphatic hydroxyl groups is 1. The largest absolute Gasteiger partial charge is 0.479 e. The van der Waals surface area contributed by atoms with Crippen LogP contribution in [-0.2, 0) is 11.2 Å². The number of carboxylic acids is 1. The van der Waals surface area contributed by atoms with E-state index in [2.05, 4.69) is 15.3 Å². The Morgan fingerprint density at radius 3 is 2.65 bits per heavy atom. The van der Waals surface area contributed by atoms with Crippen molar-refractivity contribution in [3.8, 4) is 0 Å². The zero-order valence-electron chi connectivity index (χ0n) is 13.5. The molecule has 0 bridgehead atoms. The molecule has 0 saturated heterocycles. The van der Waals surface area contributed by atoms with Crippen LogP contribution in [0.2, 0.25) is 5.15 Å². The minimum atomic E-state index is -1.74. The van der Waals surface area contributed by atoms with Crippen molar-refractivity contribution in [2.24, 2.45) is 0 Å². The highest BCUT2D eigenvalue weighted by molar-refractivity contribution is 6.30. The van der Waals surface area contributed by atoms with Crippen LogP contribution >= 0.6 is 11.6 Å². The number of fused-ring (bicyclic) bond motifs is 1. The molecule has 1 aromatic carbocycles. The van der Waals surface area contributed by atoms with E-state index in [0.29, 0.717) is 16.1 Å². The molecule has 4 N–H and O–H groups in total. The third kappa shape index (κ3) is 4.01. The molecule has 0 saturated carbocycles. The highest BCUT2D eigenvalue weighted by Gasteiger charge is 2.28. The third-order valence-corrected chi connectivity index (χ3v) is 4.17. The number of carbonyl (C=O) groups is 2. The van der Waals surface area contributed by atoms with Crippen LogP contribution in [0.5, 0.6) is 0 Å². The molecule has 0 spiro atoms. The number of rotatable bonds is 6. The zero-order chi connectivity index (χ0) is 18.7. The van der Waals surface area contributed by atoms with Gasteiger partial charge in [0.15, 0.2) is 6.10 Å². The number of nitrogens with one attached hydrogen (secondary N) is 2. The summed E-state index contributed by atoms with van der Waals surface area (Å²) in [5.41, 5.74) is 1.64. The first-order chi connectivity index (χ1) is 12.4. The van der Waals surface area contributed by atoms with E-state index in [-0.39, 0.29) is 12.1 Å². The fraction of sp³-hybridized carbons (Fsp3) is 0.167. The normalized spacial score (nSPS) is 13.3. The van der Waals surface area contributed by atoms with E-state index in [1.807, 2.05) is 6.07 Å². The van der Waals surface area contributed by atoms with Crippen LogP contribution in [0.15, 0.2) is 48.7 Å². The molecule has 0 fully saturated rings. The van der Waals surface area contributed by atoms with Gasteiger partial charge in [0.25, 0.3) is 5.91 Å². The van der Waals surface area contributed by atoms with Crippen molar-refractivity contribution >= 4 is 34.4 Å². The summed E-state index contributed by atoms with van der Waals surface area (Å²) < 4.78 is 0. The maximum Gasteiger partial charge on any atom is 0.334 e. The standard InChI is InChI=1S/C18H16ClN3O4/c19-15-8-11-7-13(21-14(11)9-20-15)17(24)22-12(16(23)18(25)26)6-10-4-2-1-3-5-10/h1-5,7-9,12,16,21,23H,6H2,(H,22,24)(H,25,26)/t12-,16?/m0/s1. The molecule has 2 aromatic heterocycles. The first-order valence-corrected chi connectivity index (χ1v) is 8.22. The molecule has 1 unspecified atom stereocenters. The molecule has 1 amide bonds. The van der Waals surface area contributed by atoms with Crippen molar-refractivity contribution in [1.29, 1.82) is 0 Å². The minimum Gasteiger partial charge on any atom is -0.479 e. The molecule has 7 nitrogen and oxygen atoms in total. The highest BCUT2D eigenvalue weighted by Crippen LogP contribution is 2.18. The van der Waals surface area contributed by atoms with E-state index >= 15 is 0 Å². The Hall–Kier alpha value is -2.90.